The van der Waals surface area contributed by atoms with Gasteiger partial charge in [0.25, 0.3) is 0 Å². The van der Waals surface area contributed by atoms with E-state index in [1.807, 2.05) is 42.5 Å². The molecule has 0 fully saturated rings. The minimum absolute atomic E-state index is 0.0154. The number of nitrogens with one attached hydrogen (secondary N) is 5. The minimum Gasteiger partial charge on any atom is -0.380 e. The molecular formula is C34H46N8. The molecule has 1 heterocycles. The molecule has 0 bridgehead atoms. The van der Waals surface area contributed by atoms with E-state index in [2.05, 4.69) is 118 Å². The van der Waals surface area contributed by atoms with Crippen LogP contribution in [0.25, 0.3) is 0 Å². The van der Waals surface area contributed by atoms with Crippen LogP contribution in [-0.2, 0) is 5.54 Å². The van der Waals surface area contributed by atoms with Crippen molar-refractivity contribution in [3.8, 4) is 0 Å². The molecule has 0 saturated carbocycles. The van der Waals surface area contributed by atoms with Crippen LogP contribution in [-0.4, -0.2) is 26.0 Å². The summed E-state index contributed by atoms with van der Waals surface area (Å²) in [5, 5.41) is 17.6. The first-order valence-corrected chi connectivity index (χ1v) is 14.8. The zero-order valence-electron chi connectivity index (χ0n) is 26.3. The Morgan fingerprint density at radius 1 is 0.524 bits per heavy atom. The molecule has 1 aromatic heterocycles. The van der Waals surface area contributed by atoms with E-state index in [1.165, 1.54) is 0 Å². The van der Waals surface area contributed by atoms with Crippen LogP contribution in [0.15, 0.2) is 78.9 Å². The van der Waals surface area contributed by atoms with Crippen molar-refractivity contribution in [3.63, 3.8) is 0 Å². The maximum absolute atomic E-state index is 4.93. The number of aromatic nitrogens is 3. The van der Waals surface area contributed by atoms with E-state index in [-0.39, 0.29) is 11.1 Å². The minimum atomic E-state index is -0.540. The molecule has 0 aliphatic carbocycles. The van der Waals surface area contributed by atoms with E-state index >= 15 is 0 Å². The molecule has 8 nitrogen and oxygen atoms in total. The van der Waals surface area contributed by atoms with Crippen molar-refractivity contribution in [2.75, 3.05) is 26.6 Å². The van der Waals surface area contributed by atoms with Crippen molar-refractivity contribution in [1.29, 1.82) is 0 Å². The molecule has 4 rings (SSSR count). The molecule has 0 radical (unpaired) electrons. The zero-order chi connectivity index (χ0) is 30.4. The third-order valence-electron chi connectivity index (χ3n) is 7.15. The highest BCUT2D eigenvalue weighted by molar-refractivity contribution is 5.65. The molecule has 222 valence electrons. The fourth-order valence-electron chi connectivity index (χ4n) is 4.40. The standard InChI is InChI=1S/C34H46N8/c1-9-33(6,7)41-28-21-15-19-26(23-28)36-31-38-29(34(8,10-2)42-24-16-12-11-13-17-24)37-30(39-31)35-25-18-14-20-27(22-25)40-32(3,4)5/h11-23,40-42H,9-10H2,1-8H3,(H2,35,36,37,38,39). The summed E-state index contributed by atoms with van der Waals surface area (Å²) in [5.41, 5.74) is 4.22. The monoisotopic (exact) mass is 566 g/mol. The van der Waals surface area contributed by atoms with Gasteiger partial charge in [0.1, 0.15) is 0 Å². The lowest BCUT2D eigenvalue weighted by Gasteiger charge is -2.30. The lowest BCUT2D eigenvalue weighted by atomic mass is 9.97. The van der Waals surface area contributed by atoms with Gasteiger partial charge in [-0.05, 0) is 103 Å². The molecule has 1 atom stereocenters. The van der Waals surface area contributed by atoms with Crippen molar-refractivity contribution in [2.45, 2.75) is 84.8 Å². The highest BCUT2D eigenvalue weighted by Crippen LogP contribution is 2.30. The van der Waals surface area contributed by atoms with E-state index in [4.69, 9.17) is 15.0 Å². The Morgan fingerprint density at radius 3 is 1.52 bits per heavy atom. The van der Waals surface area contributed by atoms with Gasteiger partial charge in [0.15, 0.2) is 5.82 Å². The molecule has 1 unspecified atom stereocenters. The van der Waals surface area contributed by atoms with E-state index in [0.717, 1.165) is 41.3 Å². The largest absolute Gasteiger partial charge is 0.380 e. The van der Waals surface area contributed by atoms with Gasteiger partial charge < -0.3 is 26.6 Å². The molecule has 5 N–H and O–H groups in total. The summed E-state index contributed by atoms with van der Waals surface area (Å²) in [6.45, 7) is 17.2. The second-order valence-electron chi connectivity index (χ2n) is 12.6. The molecule has 3 aromatic carbocycles. The van der Waals surface area contributed by atoms with Gasteiger partial charge in [-0.15, -0.1) is 0 Å². The number of benzene rings is 3. The lowest BCUT2D eigenvalue weighted by molar-refractivity contribution is 0.488. The number of hydrogen-bond acceptors (Lipinski definition) is 8. The van der Waals surface area contributed by atoms with Gasteiger partial charge in [0.2, 0.25) is 11.9 Å². The Kier molecular flexibility index (Phi) is 9.24. The van der Waals surface area contributed by atoms with Gasteiger partial charge in [0.05, 0.1) is 5.54 Å². The van der Waals surface area contributed by atoms with Crippen LogP contribution in [0.1, 0.15) is 74.1 Å². The van der Waals surface area contributed by atoms with E-state index in [1.54, 1.807) is 0 Å². The van der Waals surface area contributed by atoms with Crippen molar-refractivity contribution in [1.82, 2.24) is 15.0 Å². The average molecular weight is 567 g/mol. The second kappa shape index (κ2) is 12.7. The molecule has 0 aliphatic rings. The molecule has 0 amide bonds. The van der Waals surface area contributed by atoms with Crippen molar-refractivity contribution in [2.24, 2.45) is 0 Å². The molecule has 42 heavy (non-hydrogen) atoms. The Labute approximate surface area is 251 Å². The van der Waals surface area contributed by atoms with Crippen molar-refractivity contribution >= 4 is 40.3 Å². The molecule has 0 saturated heterocycles. The fourth-order valence-corrected chi connectivity index (χ4v) is 4.40. The van der Waals surface area contributed by atoms with Gasteiger partial charge >= 0.3 is 0 Å². The molecule has 4 aromatic rings. The molecule has 0 aliphatic heterocycles. The highest BCUT2D eigenvalue weighted by atomic mass is 15.2. The van der Waals surface area contributed by atoms with Gasteiger partial charge in [-0.2, -0.15) is 15.0 Å². The Hall–Kier alpha value is -4.33. The Balaban J connectivity index is 1.70. The first-order chi connectivity index (χ1) is 19.9. The van der Waals surface area contributed by atoms with Crippen LogP contribution < -0.4 is 26.6 Å². The summed E-state index contributed by atoms with van der Waals surface area (Å²) >= 11 is 0. The predicted molar refractivity (Wildman–Crippen MR) is 178 cm³/mol. The first kappa shape index (κ1) is 30.6. The predicted octanol–water partition coefficient (Wildman–Crippen LogP) is 8.91. The average Bonchev–Trinajstić information content (AvgIpc) is 2.92. The maximum atomic E-state index is 4.93. The molecule has 0 spiro atoms. The highest BCUT2D eigenvalue weighted by Gasteiger charge is 2.29. The third kappa shape index (κ3) is 8.59. The van der Waals surface area contributed by atoms with Gasteiger partial charge in [-0.3, -0.25) is 0 Å². The molecular weight excluding hydrogens is 520 g/mol. The van der Waals surface area contributed by atoms with Crippen LogP contribution in [0, 0.1) is 0 Å². The fraction of sp³-hybridized carbons (Fsp3) is 0.382. The van der Waals surface area contributed by atoms with Crippen molar-refractivity contribution in [3.05, 3.63) is 84.7 Å². The Bertz CT molecular complexity index is 1460. The van der Waals surface area contributed by atoms with Gasteiger partial charge in [-0.1, -0.05) is 44.2 Å². The quantitative estimate of drug-likeness (QED) is 0.116. The number of nitrogens with zero attached hydrogens (tertiary/aromatic N) is 3. The maximum Gasteiger partial charge on any atom is 0.232 e. The number of para-hydroxylation sites is 1. The normalized spacial score (nSPS) is 13.1. The van der Waals surface area contributed by atoms with Gasteiger partial charge in [-0.25, -0.2) is 0 Å². The Morgan fingerprint density at radius 2 is 1.02 bits per heavy atom. The molecule has 8 heteroatoms. The first-order valence-electron chi connectivity index (χ1n) is 14.8. The smallest absolute Gasteiger partial charge is 0.232 e. The number of hydrogen-bond donors (Lipinski definition) is 5. The number of anilines is 7. The summed E-state index contributed by atoms with van der Waals surface area (Å²) in [4.78, 5) is 14.6. The summed E-state index contributed by atoms with van der Waals surface area (Å²) in [5.74, 6) is 1.57. The number of rotatable bonds is 12. The zero-order valence-corrected chi connectivity index (χ0v) is 26.3. The van der Waals surface area contributed by atoms with E-state index in [0.29, 0.717) is 17.7 Å². The second-order valence-corrected chi connectivity index (χ2v) is 12.6. The van der Waals surface area contributed by atoms with Crippen LogP contribution in [0.2, 0.25) is 0 Å². The summed E-state index contributed by atoms with van der Waals surface area (Å²) in [6.07, 6.45) is 1.77. The van der Waals surface area contributed by atoms with Crippen molar-refractivity contribution < 1.29 is 0 Å². The SMILES string of the molecule is CCC(C)(C)Nc1cccc(Nc2nc(Nc3cccc(NC(C)(C)C)c3)nc(C(C)(CC)Nc3ccccc3)n2)c1. The van der Waals surface area contributed by atoms with Gasteiger partial charge in [0, 0.05) is 39.5 Å². The van der Waals surface area contributed by atoms with Crippen LogP contribution >= 0.6 is 0 Å². The summed E-state index contributed by atoms with van der Waals surface area (Å²) in [6, 6.07) is 26.5. The summed E-state index contributed by atoms with van der Waals surface area (Å²) in [7, 11) is 0. The van der Waals surface area contributed by atoms with Crippen LogP contribution in [0.5, 0.6) is 0 Å². The lowest BCUT2D eigenvalue weighted by Crippen LogP contribution is -2.34. The van der Waals surface area contributed by atoms with Crippen LogP contribution in [0.4, 0.5) is 40.3 Å². The van der Waals surface area contributed by atoms with Crippen LogP contribution in [0.3, 0.4) is 0 Å². The third-order valence-corrected chi connectivity index (χ3v) is 7.15. The topological polar surface area (TPSA) is 98.8 Å². The summed E-state index contributed by atoms with van der Waals surface area (Å²) < 4.78 is 0. The van der Waals surface area contributed by atoms with E-state index in [9.17, 15) is 0 Å². The van der Waals surface area contributed by atoms with E-state index < -0.39 is 5.54 Å².